The Morgan fingerprint density at radius 3 is 2.21 bits per heavy atom. The fraction of sp³-hybridized carbons (Fsp3) is 0.250. The maximum atomic E-state index is 13.7. The first kappa shape index (κ1) is 21.1. The van der Waals surface area contributed by atoms with Crippen molar-refractivity contribution in [2.75, 3.05) is 6.61 Å². The van der Waals surface area contributed by atoms with Crippen LogP contribution in [0.3, 0.4) is 0 Å². The van der Waals surface area contributed by atoms with Crippen molar-refractivity contribution in [3.05, 3.63) is 107 Å². The second-order valence-electron chi connectivity index (χ2n) is 8.49. The lowest BCUT2D eigenvalue weighted by atomic mass is 9.67. The van der Waals surface area contributed by atoms with Crippen molar-refractivity contribution in [2.45, 2.75) is 26.0 Å². The zero-order chi connectivity index (χ0) is 23.0. The number of aryl methyl sites for hydroxylation is 1. The van der Waals surface area contributed by atoms with Crippen molar-refractivity contribution < 1.29 is 19.1 Å². The van der Waals surface area contributed by atoms with Crippen LogP contribution >= 0.6 is 0 Å². The molecular weight excluding hydrogens is 414 g/mol. The summed E-state index contributed by atoms with van der Waals surface area (Å²) in [6.45, 7) is 3.91. The van der Waals surface area contributed by atoms with E-state index in [1.165, 1.54) is 0 Å². The molecule has 2 heterocycles. The first-order chi connectivity index (χ1) is 16.1. The number of hydrogen-bond donors (Lipinski definition) is 0. The quantitative estimate of drug-likeness (QED) is 0.414. The Kier molecular flexibility index (Phi) is 5.33. The molecule has 2 aliphatic heterocycles. The van der Waals surface area contributed by atoms with Gasteiger partial charge in [0.2, 0.25) is 5.41 Å². The van der Waals surface area contributed by atoms with Crippen LogP contribution in [-0.2, 0) is 19.1 Å². The van der Waals surface area contributed by atoms with E-state index in [1.807, 2.05) is 91.9 Å². The molecule has 0 saturated carbocycles. The lowest BCUT2D eigenvalue weighted by Crippen LogP contribution is -2.47. The van der Waals surface area contributed by atoms with Gasteiger partial charge in [-0.1, -0.05) is 90.5 Å². The van der Waals surface area contributed by atoms with Gasteiger partial charge in [-0.2, -0.15) is 0 Å². The monoisotopic (exact) mass is 439 g/mol. The Morgan fingerprint density at radius 2 is 1.58 bits per heavy atom. The number of ether oxygens (including phenoxy) is 2. The molecule has 0 radical (unpaired) electrons. The molecule has 5 heteroatoms. The normalized spacial score (nSPS) is 25.8. The number of nitrogens with zero attached hydrogens (tertiary/aromatic N) is 1. The van der Waals surface area contributed by atoms with Gasteiger partial charge in [-0.3, -0.25) is 14.6 Å². The molecule has 0 amide bonds. The number of hydrogen-bond acceptors (Lipinski definition) is 5. The van der Waals surface area contributed by atoms with Gasteiger partial charge in [0, 0.05) is 0 Å². The molecule has 2 aliphatic rings. The van der Waals surface area contributed by atoms with Crippen LogP contribution in [0.5, 0.6) is 0 Å². The van der Waals surface area contributed by atoms with E-state index in [0.717, 1.165) is 22.3 Å². The summed E-state index contributed by atoms with van der Waals surface area (Å²) in [5, 5.41) is 0. The molecule has 0 bridgehead atoms. The summed E-state index contributed by atoms with van der Waals surface area (Å²) in [6, 6.07) is 26.6. The van der Waals surface area contributed by atoms with Crippen molar-refractivity contribution in [3.8, 4) is 0 Å². The SMILES string of the molecule is CCOC(=O)[C@]12C(=O)O[C@H](c3ccc(C)cc3)[C@H]1[C@@H](c1ccccc1)N=C2c1ccccc1. The van der Waals surface area contributed by atoms with E-state index in [9.17, 15) is 9.59 Å². The van der Waals surface area contributed by atoms with Crippen LogP contribution in [0.25, 0.3) is 0 Å². The number of benzene rings is 3. The molecule has 0 spiro atoms. The molecule has 3 aromatic carbocycles. The molecule has 1 saturated heterocycles. The average molecular weight is 440 g/mol. The van der Waals surface area contributed by atoms with Crippen LogP contribution in [0.1, 0.15) is 41.3 Å². The summed E-state index contributed by atoms with van der Waals surface area (Å²) in [5.74, 6) is -1.77. The van der Waals surface area contributed by atoms with Gasteiger partial charge in [0.1, 0.15) is 6.10 Å². The van der Waals surface area contributed by atoms with Crippen molar-refractivity contribution in [1.29, 1.82) is 0 Å². The number of carbonyl (C=O) groups excluding carboxylic acids is 2. The van der Waals surface area contributed by atoms with Crippen LogP contribution < -0.4 is 0 Å². The Labute approximate surface area is 193 Å². The van der Waals surface area contributed by atoms with E-state index < -0.39 is 35.4 Å². The summed E-state index contributed by atoms with van der Waals surface area (Å²) in [6.07, 6.45) is -0.627. The van der Waals surface area contributed by atoms with E-state index in [2.05, 4.69) is 0 Å². The fourth-order valence-corrected chi connectivity index (χ4v) is 5.05. The molecule has 0 aromatic heterocycles. The molecule has 1 fully saturated rings. The van der Waals surface area contributed by atoms with Gasteiger partial charge in [-0.05, 0) is 30.5 Å². The number of carbonyl (C=O) groups is 2. The zero-order valence-electron chi connectivity index (χ0n) is 18.6. The molecule has 33 heavy (non-hydrogen) atoms. The highest BCUT2D eigenvalue weighted by molar-refractivity contribution is 6.29. The summed E-state index contributed by atoms with van der Waals surface area (Å²) >= 11 is 0. The molecular formula is C28H25NO4. The summed E-state index contributed by atoms with van der Waals surface area (Å²) in [7, 11) is 0. The fourth-order valence-electron chi connectivity index (χ4n) is 5.05. The second-order valence-corrected chi connectivity index (χ2v) is 8.49. The van der Waals surface area contributed by atoms with Crippen molar-refractivity contribution in [1.82, 2.24) is 0 Å². The molecule has 0 unspecified atom stereocenters. The van der Waals surface area contributed by atoms with Gasteiger partial charge in [0.15, 0.2) is 0 Å². The summed E-state index contributed by atoms with van der Waals surface area (Å²) in [4.78, 5) is 32.4. The summed E-state index contributed by atoms with van der Waals surface area (Å²) < 4.78 is 11.5. The third-order valence-corrected chi connectivity index (χ3v) is 6.56. The first-order valence-electron chi connectivity index (χ1n) is 11.2. The Hall–Kier alpha value is -3.73. The van der Waals surface area contributed by atoms with Gasteiger partial charge in [-0.25, -0.2) is 0 Å². The minimum Gasteiger partial charge on any atom is -0.465 e. The minimum atomic E-state index is -1.63. The van der Waals surface area contributed by atoms with E-state index >= 15 is 0 Å². The van der Waals surface area contributed by atoms with Gasteiger partial charge < -0.3 is 9.47 Å². The zero-order valence-corrected chi connectivity index (χ0v) is 18.6. The predicted molar refractivity (Wildman–Crippen MR) is 125 cm³/mol. The molecule has 0 N–H and O–H groups in total. The lowest BCUT2D eigenvalue weighted by molar-refractivity contribution is -0.160. The number of fused-ring (bicyclic) bond motifs is 1. The third-order valence-electron chi connectivity index (χ3n) is 6.56. The third kappa shape index (κ3) is 3.27. The standard InChI is InChI=1S/C28H25NO4/c1-3-32-26(30)28-22(24(33-27(28)31)20-16-14-18(2)15-17-20)23(19-10-6-4-7-11-19)29-25(28)21-12-8-5-9-13-21/h4-17,22-24H,3H2,1-2H3/t22-,23-,24-,28+/m1/s1. The van der Waals surface area contributed by atoms with E-state index in [4.69, 9.17) is 14.5 Å². The number of rotatable bonds is 5. The molecule has 4 atom stereocenters. The van der Waals surface area contributed by atoms with Gasteiger partial charge >= 0.3 is 11.9 Å². The highest BCUT2D eigenvalue weighted by Crippen LogP contribution is 2.60. The topological polar surface area (TPSA) is 65.0 Å². The smallest absolute Gasteiger partial charge is 0.330 e. The molecule has 0 aliphatic carbocycles. The van der Waals surface area contributed by atoms with Crippen molar-refractivity contribution in [2.24, 2.45) is 16.3 Å². The number of cyclic esters (lactones) is 1. The van der Waals surface area contributed by atoms with Crippen molar-refractivity contribution in [3.63, 3.8) is 0 Å². The van der Waals surface area contributed by atoms with Crippen LogP contribution in [0, 0.1) is 18.3 Å². The van der Waals surface area contributed by atoms with Crippen molar-refractivity contribution >= 4 is 17.7 Å². The molecule has 5 nitrogen and oxygen atoms in total. The van der Waals surface area contributed by atoms with Crippen LogP contribution in [0.4, 0.5) is 0 Å². The van der Waals surface area contributed by atoms with Crippen LogP contribution in [0.15, 0.2) is 89.9 Å². The van der Waals surface area contributed by atoms with Crippen LogP contribution in [0.2, 0.25) is 0 Å². The van der Waals surface area contributed by atoms with Gasteiger partial charge in [0.05, 0.1) is 24.3 Å². The number of esters is 2. The maximum absolute atomic E-state index is 13.7. The Morgan fingerprint density at radius 1 is 0.939 bits per heavy atom. The highest BCUT2D eigenvalue weighted by atomic mass is 16.6. The first-order valence-corrected chi connectivity index (χ1v) is 11.2. The van der Waals surface area contributed by atoms with E-state index in [1.54, 1.807) is 6.92 Å². The highest BCUT2D eigenvalue weighted by Gasteiger charge is 2.72. The predicted octanol–water partition coefficient (Wildman–Crippen LogP) is 5.00. The minimum absolute atomic E-state index is 0.161. The molecule has 166 valence electrons. The maximum Gasteiger partial charge on any atom is 0.330 e. The largest absolute Gasteiger partial charge is 0.465 e. The second kappa shape index (κ2) is 8.32. The van der Waals surface area contributed by atoms with Gasteiger partial charge in [-0.15, -0.1) is 0 Å². The Balaban J connectivity index is 1.75. The number of aliphatic imine (C=N–C) groups is 1. The average Bonchev–Trinajstić information content (AvgIpc) is 3.36. The summed E-state index contributed by atoms with van der Waals surface area (Å²) in [5.41, 5.74) is 2.38. The Bertz CT molecular complexity index is 1200. The van der Waals surface area contributed by atoms with Gasteiger partial charge in [0.25, 0.3) is 0 Å². The van der Waals surface area contributed by atoms with E-state index in [-0.39, 0.29) is 6.61 Å². The van der Waals surface area contributed by atoms with Crippen LogP contribution in [-0.4, -0.2) is 24.3 Å². The molecule has 5 rings (SSSR count). The van der Waals surface area contributed by atoms with E-state index in [0.29, 0.717) is 5.71 Å². The molecule has 3 aromatic rings. The lowest BCUT2D eigenvalue weighted by Gasteiger charge is -2.28.